The molecule has 2 saturated carbocycles. The summed E-state index contributed by atoms with van der Waals surface area (Å²) < 4.78 is 6.02. The summed E-state index contributed by atoms with van der Waals surface area (Å²) in [4.78, 5) is 7.38. The van der Waals surface area contributed by atoms with Crippen LogP contribution in [0.5, 0.6) is 11.5 Å². The van der Waals surface area contributed by atoms with E-state index < -0.39 is 0 Å². The Morgan fingerprint density at radius 1 is 0.893 bits per heavy atom. The maximum atomic E-state index is 6.02. The van der Waals surface area contributed by atoms with E-state index in [1.54, 1.807) is 6.33 Å². The molecule has 3 atom stereocenters. The number of rotatable bonds is 4. The predicted molar refractivity (Wildman–Crippen MR) is 116 cm³/mol. The highest BCUT2D eigenvalue weighted by Gasteiger charge is 2.31. The predicted octanol–water partition coefficient (Wildman–Crippen LogP) is 6.93. The van der Waals surface area contributed by atoms with Crippen LogP contribution in [0.1, 0.15) is 50.5 Å². The van der Waals surface area contributed by atoms with Crippen molar-refractivity contribution in [1.82, 2.24) is 9.97 Å². The SMILES string of the molecule is Cl.c1nc2ccc(Oc3ccc(CC4CC[C@@H]5CCCC[C@H]5C4)cc3)cc2[nH]1. The van der Waals surface area contributed by atoms with Crippen LogP contribution in [0.3, 0.4) is 0 Å². The van der Waals surface area contributed by atoms with Gasteiger partial charge in [0.25, 0.3) is 0 Å². The number of halogens is 1. The molecule has 4 heteroatoms. The highest BCUT2D eigenvalue weighted by atomic mass is 35.5. The van der Waals surface area contributed by atoms with Gasteiger partial charge >= 0.3 is 0 Å². The molecule has 28 heavy (non-hydrogen) atoms. The van der Waals surface area contributed by atoms with Crippen molar-refractivity contribution in [3.05, 3.63) is 54.4 Å². The van der Waals surface area contributed by atoms with Crippen molar-refractivity contribution in [2.24, 2.45) is 17.8 Å². The van der Waals surface area contributed by atoms with Gasteiger partial charge in [0.15, 0.2) is 0 Å². The zero-order valence-corrected chi connectivity index (χ0v) is 17.1. The number of aromatic nitrogens is 2. The maximum Gasteiger partial charge on any atom is 0.129 e. The summed E-state index contributed by atoms with van der Waals surface area (Å²) in [6.07, 6.45) is 13.2. The molecular weight excluding hydrogens is 368 g/mol. The van der Waals surface area contributed by atoms with Gasteiger partial charge in [0.05, 0.1) is 17.4 Å². The summed E-state index contributed by atoms with van der Waals surface area (Å²) in [5.41, 5.74) is 3.42. The molecule has 5 rings (SSSR count). The smallest absolute Gasteiger partial charge is 0.129 e. The van der Waals surface area contributed by atoms with Crippen molar-refractivity contribution in [3.8, 4) is 11.5 Å². The van der Waals surface area contributed by atoms with Gasteiger partial charge in [0, 0.05) is 6.07 Å². The number of nitrogens with one attached hydrogen (secondary N) is 1. The van der Waals surface area contributed by atoms with Crippen LogP contribution < -0.4 is 4.74 Å². The fraction of sp³-hybridized carbons (Fsp3) is 0.458. The van der Waals surface area contributed by atoms with Crippen molar-refractivity contribution in [2.75, 3.05) is 0 Å². The minimum atomic E-state index is 0. The zero-order chi connectivity index (χ0) is 18.1. The molecule has 0 bridgehead atoms. The van der Waals surface area contributed by atoms with Crippen molar-refractivity contribution < 1.29 is 4.74 Å². The average molecular weight is 397 g/mol. The lowest BCUT2D eigenvalue weighted by Gasteiger charge is -2.39. The molecule has 3 nitrogen and oxygen atoms in total. The molecule has 1 N–H and O–H groups in total. The Kier molecular flexibility index (Phi) is 5.91. The van der Waals surface area contributed by atoms with Gasteiger partial charge < -0.3 is 9.72 Å². The monoisotopic (exact) mass is 396 g/mol. The number of hydrogen-bond acceptors (Lipinski definition) is 2. The van der Waals surface area contributed by atoms with Crippen LogP contribution in [0, 0.1) is 17.8 Å². The maximum absolute atomic E-state index is 6.02. The van der Waals surface area contributed by atoms with E-state index in [4.69, 9.17) is 4.74 Å². The van der Waals surface area contributed by atoms with Gasteiger partial charge in [0.1, 0.15) is 11.5 Å². The highest BCUT2D eigenvalue weighted by molar-refractivity contribution is 5.85. The summed E-state index contributed by atoms with van der Waals surface area (Å²) >= 11 is 0. The summed E-state index contributed by atoms with van der Waals surface area (Å²) in [7, 11) is 0. The number of nitrogens with zero attached hydrogens (tertiary/aromatic N) is 1. The lowest BCUT2D eigenvalue weighted by Crippen LogP contribution is -2.28. The molecule has 0 saturated heterocycles. The van der Waals surface area contributed by atoms with Crippen LogP contribution in [0.4, 0.5) is 0 Å². The first-order valence-electron chi connectivity index (χ1n) is 10.5. The van der Waals surface area contributed by atoms with Crippen molar-refractivity contribution in [2.45, 2.75) is 51.4 Å². The quantitative estimate of drug-likeness (QED) is 0.519. The van der Waals surface area contributed by atoms with Crippen LogP contribution in [-0.2, 0) is 6.42 Å². The third kappa shape index (κ3) is 4.20. The molecule has 0 radical (unpaired) electrons. The first kappa shape index (κ1) is 19.3. The van der Waals surface area contributed by atoms with Crippen LogP contribution in [0.25, 0.3) is 11.0 Å². The minimum absolute atomic E-state index is 0. The van der Waals surface area contributed by atoms with E-state index in [2.05, 4.69) is 34.2 Å². The molecule has 0 spiro atoms. The van der Waals surface area contributed by atoms with E-state index in [1.807, 2.05) is 18.2 Å². The van der Waals surface area contributed by atoms with E-state index >= 15 is 0 Å². The number of hydrogen-bond donors (Lipinski definition) is 1. The number of aromatic amines is 1. The molecule has 1 heterocycles. The van der Waals surface area contributed by atoms with Gasteiger partial charge in [-0.1, -0.05) is 37.8 Å². The molecule has 2 aliphatic carbocycles. The Morgan fingerprint density at radius 2 is 1.68 bits per heavy atom. The molecule has 0 amide bonds. The van der Waals surface area contributed by atoms with E-state index in [9.17, 15) is 0 Å². The molecule has 148 valence electrons. The van der Waals surface area contributed by atoms with Gasteiger partial charge in [-0.3, -0.25) is 0 Å². The summed E-state index contributed by atoms with van der Waals surface area (Å²) in [5, 5.41) is 0. The Balaban J connectivity index is 0.00000192. The zero-order valence-electron chi connectivity index (χ0n) is 16.3. The van der Waals surface area contributed by atoms with Crippen molar-refractivity contribution >= 4 is 23.4 Å². The largest absolute Gasteiger partial charge is 0.457 e. The number of H-pyrrole nitrogens is 1. The van der Waals surface area contributed by atoms with Crippen LogP contribution >= 0.6 is 12.4 Å². The lowest BCUT2D eigenvalue weighted by atomic mass is 9.66. The standard InChI is InChI=1S/C24H28N2O.ClH/c1-2-4-20-14-18(5-8-19(20)3-1)13-17-6-9-21(10-7-17)27-22-11-12-23-24(15-22)26-16-25-23;/h6-7,9-12,15-16,18-20H,1-5,8,13-14H2,(H,25,26);1H/t18?,19-,20-;/m0./s1. The van der Waals surface area contributed by atoms with Gasteiger partial charge in [-0.25, -0.2) is 4.98 Å². The summed E-state index contributed by atoms with van der Waals surface area (Å²) in [5.74, 6) is 4.66. The molecule has 3 aromatic rings. The fourth-order valence-corrected chi connectivity index (χ4v) is 5.30. The van der Waals surface area contributed by atoms with Gasteiger partial charge in [0.2, 0.25) is 0 Å². The first-order chi connectivity index (χ1) is 13.3. The molecule has 2 fully saturated rings. The van der Waals surface area contributed by atoms with Crippen molar-refractivity contribution in [3.63, 3.8) is 0 Å². The first-order valence-corrected chi connectivity index (χ1v) is 10.5. The van der Waals surface area contributed by atoms with E-state index in [0.717, 1.165) is 40.3 Å². The number of imidazole rings is 1. The van der Waals surface area contributed by atoms with Crippen LogP contribution in [0.15, 0.2) is 48.8 Å². The fourth-order valence-electron chi connectivity index (χ4n) is 5.30. The Hall–Kier alpha value is -2.00. The third-order valence-corrected chi connectivity index (χ3v) is 6.72. The van der Waals surface area contributed by atoms with Gasteiger partial charge in [-0.05, 0) is 73.3 Å². The number of fused-ring (bicyclic) bond motifs is 2. The summed E-state index contributed by atoms with van der Waals surface area (Å²) in [6, 6.07) is 14.7. The lowest BCUT2D eigenvalue weighted by molar-refractivity contribution is 0.129. The third-order valence-electron chi connectivity index (χ3n) is 6.72. The topological polar surface area (TPSA) is 37.9 Å². The van der Waals surface area contributed by atoms with E-state index in [1.165, 1.54) is 56.9 Å². The second-order valence-electron chi connectivity index (χ2n) is 8.52. The number of ether oxygens (including phenoxy) is 1. The van der Waals surface area contributed by atoms with E-state index in [-0.39, 0.29) is 12.4 Å². The average Bonchev–Trinajstić information content (AvgIpc) is 3.17. The van der Waals surface area contributed by atoms with Gasteiger partial charge in [-0.2, -0.15) is 0 Å². The number of benzene rings is 2. The second kappa shape index (κ2) is 8.57. The normalized spacial score (nSPS) is 24.4. The van der Waals surface area contributed by atoms with Crippen LogP contribution in [-0.4, -0.2) is 9.97 Å². The minimum Gasteiger partial charge on any atom is -0.457 e. The Morgan fingerprint density at radius 3 is 2.54 bits per heavy atom. The van der Waals surface area contributed by atoms with Gasteiger partial charge in [-0.15, -0.1) is 12.4 Å². The highest BCUT2D eigenvalue weighted by Crippen LogP contribution is 2.43. The Labute approximate surface area is 173 Å². The van der Waals surface area contributed by atoms with E-state index in [0.29, 0.717) is 0 Å². The Bertz CT molecular complexity index is 904. The molecule has 0 aliphatic heterocycles. The molecule has 1 unspecified atom stereocenters. The molecule has 2 aromatic carbocycles. The summed E-state index contributed by atoms with van der Waals surface area (Å²) in [6.45, 7) is 0. The van der Waals surface area contributed by atoms with Crippen molar-refractivity contribution in [1.29, 1.82) is 0 Å². The molecule has 2 aliphatic rings. The van der Waals surface area contributed by atoms with Crippen LogP contribution in [0.2, 0.25) is 0 Å². The second-order valence-corrected chi connectivity index (χ2v) is 8.52. The molecule has 1 aromatic heterocycles. The molecular formula is C24H29ClN2O.